The first-order chi connectivity index (χ1) is 14.8. The van der Waals surface area contributed by atoms with E-state index in [4.69, 9.17) is 18.9 Å². The molecule has 1 aromatic heterocycles. The van der Waals surface area contributed by atoms with Crippen molar-refractivity contribution in [2.24, 2.45) is 5.92 Å². The van der Waals surface area contributed by atoms with Gasteiger partial charge in [0.2, 0.25) is 5.43 Å². The average Bonchev–Trinajstić information content (AvgIpc) is 2.74. The second-order valence-corrected chi connectivity index (χ2v) is 7.84. The summed E-state index contributed by atoms with van der Waals surface area (Å²) in [5.74, 6) is 0.0832. The van der Waals surface area contributed by atoms with Crippen LogP contribution >= 0.6 is 0 Å². The molecular weight excluding hydrogens is 402 g/mol. The Kier molecular flexibility index (Phi) is 6.90. The summed E-state index contributed by atoms with van der Waals surface area (Å²) < 4.78 is 23.8. The van der Waals surface area contributed by atoms with E-state index < -0.39 is 11.4 Å². The van der Waals surface area contributed by atoms with Gasteiger partial charge >= 0.3 is 5.97 Å². The molecule has 0 unspecified atom stereocenters. The van der Waals surface area contributed by atoms with Crippen LogP contribution in [0.25, 0.3) is 11.3 Å². The van der Waals surface area contributed by atoms with Crippen molar-refractivity contribution in [3.63, 3.8) is 0 Å². The van der Waals surface area contributed by atoms with Crippen molar-refractivity contribution in [1.29, 1.82) is 0 Å². The summed E-state index contributed by atoms with van der Waals surface area (Å²) in [4.78, 5) is 24.5. The lowest BCUT2D eigenvalue weighted by atomic mass is 9.86. The molecule has 0 radical (unpaired) electrons. The van der Waals surface area contributed by atoms with Crippen LogP contribution < -0.4 is 19.6 Å². The van der Waals surface area contributed by atoms with E-state index >= 15 is 0 Å². The Bertz CT molecular complexity index is 1030. The van der Waals surface area contributed by atoms with E-state index in [0.29, 0.717) is 36.8 Å². The lowest BCUT2D eigenvalue weighted by Gasteiger charge is -2.34. The molecule has 0 bridgehead atoms. The molecule has 0 aliphatic carbocycles. The lowest BCUT2D eigenvalue weighted by molar-refractivity contribution is 0.0693. The molecule has 1 atom stereocenters. The minimum atomic E-state index is -1.27. The van der Waals surface area contributed by atoms with Gasteiger partial charge in [-0.25, -0.2) is 4.79 Å². The van der Waals surface area contributed by atoms with Crippen molar-refractivity contribution in [1.82, 2.24) is 4.57 Å². The number of aromatic carboxylic acids is 1. The summed E-state index contributed by atoms with van der Waals surface area (Å²) in [7, 11) is 4.59. The van der Waals surface area contributed by atoms with Crippen LogP contribution in [0.4, 0.5) is 0 Å². The van der Waals surface area contributed by atoms with E-state index in [9.17, 15) is 14.7 Å². The Morgan fingerprint density at radius 2 is 1.90 bits per heavy atom. The predicted octanol–water partition coefficient (Wildman–Crippen LogP) is 3.40. The number of carbonyl (C=O) groups is 1. The van der Waals surface area contributed by atoms with Crippen LogP contribution in [-0.4, -0.2) is 50.2 Å². The Labute approximate surface area is 181 Å². The van der Waals surface area contributed by atoms with Gasteiger partial charge in [-0.1, -0.05) is 13.8 Å². The average molecular weight is 431 g/mol. The van der Waals surface area contributed by atoms with Crippen LogP contribution in [0.3, 0.4) is 0 Å². The number of nitrogens with zero attached hydrogens (tertiary/aromatic N) is 1. The van der Waals surface area contributed by atoms with Gasteiger partial charge in [0.1, 0.15) is 5.56 Å². The number of carboxylic acid groups (broad SMARTS) is 1. The third kappa shape index (κ3) is 4.25. The van der Waals surface area contributed by atoms with Crippen LogP contribution in [-0.2, 0) is 11.2 Å². The fourth-order valence-electron chi connectivity index (χ4n) is 4.00. The molecule has 0 saturated carbocycles. The van der Waals surface area contributed by atoms with Crippen LogP contribution in [0, 0.1) is 5.92 Å². The van der Waals surface area contributed by atoms with E-state index in [1.807, 2.05) is 16.7 Å². The molecule has 1 aliphatic heterocycles. The minimum absolute atomic E-state index is 0.0160. The van der Waals surface area contributed by atoms with Crippen molar-refractivity contribution in [2.45, 2.75) is 32.7 Å². The quantitative estimate of drug-likeness (QED) is 0.608. The molecule has 8 nitrogen and oxygen atoms in total. The summed E-state index contributed by atoms with van der Waals surface area (Å²) in [6.45, 7) is 5.21. The van der Waals surface area contributed by atoms with Gasteiger partial charge in [-0.2, -0.15) is 0 Å². The minimum Gasteiger partial charge on any atom is -0.493 e. The van der Waals surface area contributed by atoms with Crippen LogP contribution in [0.15, 0.2) is 23.1 Å². The maximum absolute atomic E-state index is 12.8. The molecule has 1 N–H and O–H groups in total. The molecule has 0 spiro atoms. The number of rotatable bonds is 9. The first-order valence-corrected chi connectivity index (χ1v) is 10.2. The molecule has 0 fully saturated rings. The molecule has 0 amide bonds. The largest absolute Gasteiger partial charge is 0.493 e. The number of hydrogen-bond donors (Lipinski definition) is 1. The topological polar surface area (TPSA) is 96.2 Å². The normalized spacial score (nSPS) is 14.7. The second-order valence-electron chi connectivity index (χ2n) is 7.84. The summed E-state index contributed by atoms with van der Waals surface area (Å²) in [5.41, 5.74) is 1.36. The molecule has 1 aromatic carbocycles. The number of pyridine rings is 1. The second kappa shape index (κ2) is 9.43. The fraction of sp³-hybridized carbons (Fsp3) is 0.478. The number of benzene rings is 1. The number of hydrogen-bond acceptors (Lipinski definition) is 6. The monoisotopic (exact) mass is 431 g/mol. The highest BCUT2D eigenvalue weighted by Crippen LogP contribution is 2.45. The highest BCUT2D eigenvalue weighted by molar-refractivity contribution is 5.89. The smallest absolute Gasteiger partial charge is 0.341 e. The molecular formula is C23H29NO7. The lowest BCUT2D eigenvalue weighted by Crippen LogP contribution is -2.29. The maximum Gasteiger partial charge on any atom is 0.341 e. The van der Waals surface area contributed by atoms with Gasteiger partial charge in [0.05, 0.1) is 26.5 Å². The SMILES string of the molecule is COCCCOc1cc2c(cc1OC)-c1c(OC)c(=O)c(C(=O)O)cn1[C@H](C(C)C)C2. The van der Waals surface area contributed by atoms with Crippen LogP contribution in [0.1, 0.15) is 42.2 Å². The third-order valence-electron chi connectivity index (χ3n) is 5.58. The number of fused-ring (bicyclic) bond motifs is 3. The van der Waals surface area contributed by atoms with Crippen molar-refractivity contribution >= 4 is 5.97 Å². The fourth-order valence-corrected chi connectivity index (χ4v) is 4.00. The van der Waals surface area contributed by atoms with Crippen molar-refractivity contribution in [3.8, 4) is 28.5 Å². The van der Waals surface area contributed by atoms with E-state index in [1.165, 1.54) is 13.3 Å². The molecule has 1 aliphatic rings. The summed E-state index contributed by atoms with van der Waals surface area (Å²) in [5, 5.41) is 9.53. The van der Waals surface area contributed by atoms with E-state index in [2.05, 4.69) is 13.8 Å². The zero-order chi connectivity index (χ0) is 22.7. The highest BCUT2D eigenvalue weighted by atomic mass is 16.5. The zero-order valence-corrected chi connectivity index (χ0v) is 18.6. The molecule has 31 heavy (non-hydrogen) atoms. The number of ether oxygens (including phenoxy) is 4. The van der Waals surface area contributed by atoms with Gasteiger partial charge in [-0.05, 0) is 30.0 Å². The molecule has 3 rings (SSSR count). The van der Waals surface area contributed by atoms with E-state index in [-0.39, 0.29) is 23.3 Å². The van der Waals surface area contributed by atoms with Gasteiger partial charge in [0.15, 0.2) is 17.2 Å². The Hall–Kier alpha value is -3.00. The zero-order valence-electron chi connectivity index (χ0n) is 18.6. The van der Waals surface area contributed by atoms with Gasteiger partial charge in [0, 0.05) is 37.9 Å². The molecule has 2 aromatic rings. The summed E-state index contributed by atoms with van der Waals surface area (Å²) in [6, 6.07) is 3.71. The van der Waals surface area contributed by atoms with Gasteiger partial charge in [0.25, 0.3) is 0 Å². The molecule has 0 saturated heterocycles. The van der Waals surface area contributed by atoms with Crippen molar-refractivity contribution < 1.29 is 28.8 Å². The molecule has 2 heterocycles. The number of carboxylic acids is 1. The van der Waals surface area contributed by atoms with E-state index in [0.717, 1.165) is 17.5 Å². The van der Waals surface area contributed by atoms with Gasteiger partial charge in [-0.15, -0.1) is 0 Å². The predicted molar refractivity (Wildman–Crippen MR) is 116 cm³/mol. The van der Waals surface area contributed by atoms with Crippen LogP contribution in [0.5, 0.6) is 17.2 Å². The van der Waals surface area contributed by atoms with Crippen LogP contribution in [0.2, 0.25) is 0 Å². The van der Waals surface area contributed by atoms with Gasteiger partial charge in [-0.3, -0.25) is 4.79 Å². The Morgan fingerprint density at radius 3 is 2.48 bits per heavy atom. The van der Waals surface area contributed by atoms with Crippen molar-refractivity contribution in [2.75, 3.05) is 34.5 Å². The molecule has 8 heteroatoms. The number of methoxy groups -OCH3 is 3. The van der Waals surface area contributed by atoms with E-state index in [1.54, 1.807) is 14.2 Å². The Balaban J connectivity index is 2.21. The van der Waals surface area contributed by atoms with Gasteiger partial charge < -0.3 is 28.6 Å². The first kappa shape index (κ1) is 22.7. The maximum atomic E-state index is 12.8. The molecule has 168 valence electrons. The Morgan fingerprint density at radius 1 is 1.16 bits per heavy atom. The highest BCUT2D eigenvalue weighted by Gasteiger charge is 2.33. The standard InChI is InChI=1S/C23H29NO7/c1-13(2)17-9-14-10-19(31-8-6-7-28-3)18(29-4)11-15(14)20-22(30-5)21(25)16(23(26)27)12-24(17)20/h10-13,17H,6-9H2,1-5H3,(H,26,27)/t17-/m0/s1. The third-order valence-corrected chi connectivity index (χ3v) is 5.58. The number of aromatic nitrogens is 1. The van der Waals surface area contributed by atoms with Crippen molar-refractivity contribution in [3.05, 3.63) is 39.7 Å². The first-order valence-electron chi connectivity index (χ1n) is 10.2. The summed E-state index contributed by atoms with van der Waals surface area (Å²) in [6.07, 6.45) is 2.83. The summed E-state index contributed by atoms with van der Waals surface area (Å²) >= 11 is 0.